The Morgan fingerprint density at radius 1 is 1.38 bits per heavy atom. The molecule has 0 radical (unpaired) electrons. The number of likely N-dealkylation sites (N-methyl/N-ethyl adjacent to an activating group) is 1. The number of nitrogens with one attached hydrogen (secondary N) is 1. The standard InChI is InChI=1S/C18H25N3O2S/c1-2-20-10-5-6-14(20)12-19-17(22)9-11-21-15-7-3-4-8-16(15)24-13-18(21)23/h3-4,7-8,14H,2,5-6,9-13H2,1H3,(H,19,22). The Labute approximate surface area is 147 Å². The number of carbonyl (C=O) groups excluding carboxylic acids is 2. The molecule has 2 aliphatic rings. The van der Waals surface area contributed by atoms with Crippen molar-refractivity contribution in [1.82, 2.24) is 10.2 Å². The van der Waals surface area contributed by atoms with Gasteiger partial charge in [-0.05, 0) is 38.1 Å². The molecular formula is C18H25N3O2S. The molecule has 0 bridgehead atoms. The van der Waals surface area contributed by atoms with Gasteiger partial charge in [-0.1, -0.05) is 19.1 Å². The minimum atomic E-state index is 0.0291. The van der Waals surface area contributed by atoms with Crippen molar-refractivity contribution in [1.29, 1.82) is 0 Å². The van der Waals surface area contributed by atoms with Gasteiger partial charge < -0.3 is 10.2 Å². The van der Waals surface area contributed by atoms with Crippen LogP contribution >= 0.6 is 11.8 Å². The predicted molar refractivity (Wildman–Crippen MR) is 97.4 cm³/mol. The van der Waals surface area contributed by atoms with Gasteiger partial charge in [-0.25, -0.2) is 0 Å². The molecule has 5 nitrogen and oxygen atoms in total. The summed E-state index contributed by atoms with van der Waals surface area (Å²) in [6.07, 6.45) is 2.72. The zero-order chi connectivity index (χ0) is 16.9. The highest BCUT2D eigenvalue weighted by molar-refractivity contribution is 8.00. The number of thioether (sulfide) groups is 1. The van der Waals surface area contributed by atoms with Gasteiger partial charge in [0.15, 0.2) is 0 Å². The fourth-order valence-corrected chi connectivity index (χ4v) is 4.41. The molecule has 1 N–H and O–H groups in total. The Balaban J connectivity index is 1.50. The van der Waals surface area contributed by atoms with Gasteiger partial charge in [-0.3, -0.25) is 14.5 Å². The van der Waals surface area contributed by atoms with Crippen molar-refractivity contribution in [3.8, 4) is 0 Å². The Hall–Kier alpha value is -1.53. The van der Waals surface area contributed by atoms with Crippen molar-refractivity contribution in [2.45, 2.75) is 37.1 Å². The van der Waals surface area contributed by atoms with Crippen molar-refractivity contribution in [3.05, 3.63) is 24.3 Å². The van der Waals surface area contributed by atoms with Crippen molar-refractivity contribution < 1.29 is 9.59 Å². The van der Waals surface area contributed by atoms with Crippen LogP contribution in [-0.2, 0) is 9.59 Å². The van der Waals surface area contributed by atoms with Gasteiger partial charge in [0, 0.05) is 30.4 Å². The molecule has 1 unspecified atom stereocenters. The van der Waals surface area contributed by atoms with E-state index in [4.69, 9.17) is 0 Å². The lowest BCUT2D eigenvalue weighted by Gasteiger charge is -2.29. The zero-order valence-corrected chi connectivity index (χ0v) is 15.0. The molecule has 3 rings (SSSR count). The van der Waals surface area contributed by atoms with E-state index in [0.717, 1.165) is 30.1 Å². The van der Waals surface area contributed by atoms with Gasteiger partial charge in [-0.2, -0.15) is 0 Å². The molecule has 0 aliphatic carbocycles. The van der Waals surface area contributed by atoms with Crippen LogP contribution < -0.4 is 10.2 Å². The third kappa shape index (κ3) is 3.92. The van der Waals surface area contributed by atoms with Gasteiger partial charge in [0.1, 0.15) is 0 Å². The first-order chi connectivity index (χ1) is 11.7. The van der Waals surface area contributed by atoms with Gasteiger partial charge in [0.05, 0.1) is 11.4 Å². The summed E-state index contributed by atoms with van der Waals surface area (Å²) in [7, 11) is 0. The summed E-state index contributed by atoms with van der Waals surface area (Å²) >= 11 is 1.57. The topological polar surface area (TPSA) is 52.7 Å². The summed E-state index contributed by atoms with van der Waals surface area (Å²) in [5.41, 5.74) is 0.930. The van der Waals surface area contributed by atoms with E-state index in [2.05, 4.69) is 17.1 Å². The van der Waals surface area contributed by atoms with E-state index >= 15 is 0 Å². The van der Waals surface area contributed by atoms with Crippen LogP contribution in [0.1, 0.15) is 26.2 Å². The molecule has 0 spiro atoms. The summed E-state index contributed by atoms with van der Waals surface area (Å²) in [5.74, 6) is 0.563. The summed E-state index contributed by atoms with van der Waals surface area (Å²) in [4.78, 5) is 29.6. The van der Waals surface area contributed by atoms with Gasteiger partial charge >= 0.3 is 0 Å². The van der Waals surface area contributed by atoms with Crippen LogP contribution in [0.5, 0.6) is 0 Å². The van der Waals surface area contributed by atoms with Crippen LogP contribution in [0.4, 0.5) is 5.69 Å². The van der Waals surface area contributed by atoms with Crippen LogP contribution in [0.25, 0.3) is 0 Å². The summed E-state index contributed by atoms with van der Waals surface area (Å²) in [6, 6.07) is 8.36. The number of fused-ring (bicyclic) bond motifs is 1. The van der Waals surface area contributed by atoms with E-state index in [-0.39, 0.29) is 11.8 Å². The van der Waals surface area contributed by atoms with Crippen LogP contribution in [0, 0.1) is 0 Å². The molecule has 130 valence electrons. The third-order valence-corrected chi connectivity index (χ3v) is 5.86. The van der Waals surface area contributed by atoms with Crippen molar-refractivity contribution in [2.24, 2.45) is 0 Å². The second-order valence-electron chi connectivity index (χ2n) is 6.28. The predicted octanol–water partition coefficient (Wildman–Crippen LogP) is 2.12. The number of hydrogen-bond donors (Lipinski definition) is 1. The normalized spacial score (nSPS) is 21.0. The molecule has 0 aromatic heterocycles. The Bertz CT molecular complexity index is 608. The minimum Gasteiger partial charge on any atom is -0.354 e. The second kappa shape index (κ2) is 8.03. The number of amides is 2. The molecule has 1 aromatic rings. The summed E-state index contributed by atoms with van der Waals surface area (Å²) in [5, 5.41) is 3.04. The van der Waals surface area contributed by atoms with Gasteiger partial charge in [0.2, 0.25) is 11.8 Å². The van der Waals surface area contributed by atoms with E-state index in [1.54, 1.807) is 16.7 Å². The first-order valence-corrected chi connectivity index (χ1v) is 9.70. The van der Waals surface area contributed by atoms with Crippen LogP contribution in [-0.4, -0.2) is 54.7 Å². The highest BCUT2D eigenvalue weighted by Gasteiger charge is 2.26. The van der Waals surface area contributed by atoms with Gasteiger partial charge in [0.25, 0.3) is 0 Å². The molecule has 6 heteroatoms. The monoisotopic (exact) mass is 347 g/mol. The fraction of sp³-hybridized carbons (Fsp3) is 0.556. The average Bonchev–Trinajstić information content (AvgIpc) is 3.06. The van der Waals surface area contributed by atoms with E-state index in [0.29, 0.717) is 31.3 Å². The van der Waals surface area contributed by atoms with Crippen molar-refractivity contribution >= 4 is 29.3 Å². The molecule has 1 saturated heterocycles. The van der Waals surface area contributed by atoms with Crippen molar-refractivity contribution in [2.75, 3.05) is 36.8 Å². The maximum atomic E-state index is 12.2. The maximum absolute atomic E-state index is 12.2. The first kappa shape index (κ1) is 17.3. The lowest BCUT2D eigenvalue weighted by Crippen LogP contribution is -2.42. The Morgan fingerprint density at radius 3 is 3.04 bits per heavy atom. The maximum Gasteiger partial charge on any atom is 0.237 e. The lowest BCUT2D eigenvalue weighted by atomic mass is 10.2. The Kier molecular flexibility index (Phi) is 5.79. The van der Waals surface area contributed by atoms with E-state index < -0.39 is 0 Å². The molecule has 2 aliphatic heterocycles. The number of hydrogen-bond acceptors (Lipinski definition) is 4. The van der Waals surface area contributed by atoms with E-state index in [1.165, 1.54) is 6.42 Å². The largest absolute Gasteiger partial charge is 0.354 e. The number of para-hydroxylation sites is 1. The highest BCUT2D eigenvalue weighted by Crippen LogP contribution is 2.34. The molecular weight excluding hydrogens is 322 g/mol. The van der Waals surface area contributed by atoms with Crippen molar-refractivity contribution in [3.63, 3.8) is 0 Å². The lowest BCUT2D eigenvalue weighted by molar-refractivity contribution is -0.121. The number of anilines is 1. The molecule has 1 aromatic carbocycles. The average molecular weight is 347 g/mol. The third-order valence-electron chi connectivity index (χ3n) is 4.81. The smallest absolute Gasteiger partial charge is 0.237 e. The van der Waals surface area contributed by atoms with Gasteiger partial charge in [-0.15, -0.1) is 11.8 Å². The van der Waals surface area contributed by atoms with Crippen LogP contribution in [0.3, 0.4) is 0 Å². The zero-order valence-electron chi connectivity index (χ0n) is 14.2. The SMILES string of the molecule is CCN1CCCC1CNC(=O)CCN1C(=O)CSc2ccccc21. The van der Waals surface area contributed by atoms with E-state index in [9.17, 15) is 9.59 Å². The molecule has 2 amide bonds. The molecule has 1 atom stereocenters. The summed E-state index contributed by atoms with van der Waals surface area (Å²) < 4.78 is 0. The number of nitrogens with zero attached hydrogens (tertiary/aromatic N) is 2. The molecule has 1 fully saturated rings. The highest BCUT2D eigenvalue weighted by atomic mass is 32.2. The fourth-order valence-electron chi connectivity index (χ4n) is 3.48. The second-order valence-corrected chi connectivity index (χ2v) is 7.30. The molecule has 2 heterocycles. The molecule has 24 heavy (non-hydrogen) atoms. The number of rotatable bonds is 6. The minimum absolute atomic E-state index is 0.0291. The van der Waals surface area contributed by atoms with Crippen LogP contribution in [0.2, 0.25) is 0 Å². The number of carbonyl (C=O) groups is 2. The van der Waals surface area contributed by atoms with Crippen LogP contribution in [0.15, 0.2) is 29.2 Å². The number of benzene rings is 1. The Morgan fingerprint density at radius 2 is 2.21 bits per heavy atom. The quantitative estimate of drug-likeness (QED) is 0.856. The first-order valence-electron chi connectivity index (χ1n) is 8.72. The number of likely N-dealkylation sites (tertiary alicyclic amines) is 1. The summed E-state index contributed by atoms with van der Waals surface area (Å²) in [6.45, 7) is 5.50. The molecule has 0 saturated carbocycles. The van der Waals surface area contributed by atoms with E-state index in [1.807, 2.05) is 24.3 Å².